The average molecular weight is 442 g/mol. The van der Waals surface area contributed by atoms with Crippen LogP contribution < -0.4 is 10.1 Å². The van der Waals surface area contributed by atoms with Crippen LogP contribution in [0.1, 0.15) is 39.3 Å². The smallest absolute Gasteiger partial charge is 0.251 e. The van der Waals surface area contributed by atoms with Gasteiger partial charge in [-0.3, -0.25) is 4.79 Å². The van der Waals surface area contributed by atoms with Gasteiger partial charge in [0.15, 0.2) is 0 Å². The van der Waals surface area contributed by atoms with Crippen LogP contribution in [0, 0.1) is 20.8 Å². The lowest BCUT2D eigenvalue weighted by atomic mass is 10.1. The number of fused-ring (bicyclic) bond motifs is 1. The molecule has 0 aliphatic carbocycles. The summed E-state index contributed by atoms with van der Waals surface area (Å²) in [5, 5.41) is 3.04. The number of carbonyl (C=O) groups excluding carboxylic acids is 1. The largest absolute Gasteiger partial charge is 0.494 e. The Balaban J connectivity index is 1.38. The summed E-state index contributed by atoms with van der Waals surface area (Å²) >= 11 is 0. The van der Waals surface area contributed by atoms with E-state index in [1.54, 1.807) is 0 Å². The van der Waals surface area contributed by atoms with Crippen LogP contribution in [0.15, 0.2) is 66.7 Å². The van der Waals surface area contributed by atoms with Gasteiger partial charge in [-0.2, -0.15) is 0 Å². The SMILES string of the molecule is Cc1ccc(OCCCn2c(CCNC(=O)c3ccccc3C)nc3ccccc32)cc1C. The van der Waals surface area contributed by atoms with E-state index in [-0.39, 0.29) is 5.91 Å². The topological polar surface area (TPSA) is 56.1 Å². The number of aryl methyl sites for hydroxylation is 4. The molecule has 3 aromatic carbocycles. The van der Waals surface area contributed by atoms with Crippen LogP contribution in [-0.4, -0.2) is 28.6 Å². The molecule has 170 valence electrons. The highest BCUT2D eigenvalue weighted by Crippen LogP contribution is 2.19. The molecule has 0 saturated carbocycles. The van der Waals surface area contributed by atoms with Crippen LogP contribution in [0.3, 0.4) is 0 Å². The highest BCUT2D eigenvalue weighted by atomic mass is 16.5. The molecule has 0 unspecified atom stereocenters. The third-order valence-corrected chi connectivity index (χ3v) is 6.03. The van der Waals surface area contributed by atoms with E-state index in [2.05, 4.69) is 41.9 Å². The number of nitrogens with one attached hydrogen (secondary N) is 1. The summed E-state index contributed by atoms with van der Waals surface area (Å²) < 4.78 is 8.22. The van der Waals surface area contributed by atoms with Crippen molar-refractivity contribution in [3.8, 4) is 5.75 Å². The number of aromatic nitrogens is 2. The summed E-state index contributed by atoms with van der Waals surface area (Å²) in [5.74, 6) is 1.85. The molecule has 1 aromatic heterocycles. The number of amides is 1. The van der Waals surface area contributed by atoms with Gasteiger partial charge in [-0.05, 0) is 74.2 Å². The number of hydrogen-bond acceptors (Lipinski definition) is 3. The quantitative estimate of drug-likeness (QED) is 0.354. The van der Waals surface area contributed by atoms with Crippen LogP contribution in [0.4, 0.5) is 0 Å². The van der Waals surface area contributed by atoms with Gasteiger partial charge in [0.1, 0.15) is 11.6 Å². The van der Waals surface area contributed by atoms with Crippen molar-refractivity contribution in [2.24, 2.45) is 0 Å². The second-order valence-corrected chi connectivity index (χ2v) is 8.44. The van der Waals surface area contributed by atoms with Gasteiger partial charge < -0.3 is 14.6 Å². The molecule has 33 heavy (non-hydrogen) atoms. The second kappa shape index (κ2) is 10.3. The number of ether oxygens (including phenoxy) is 1. The minimum Gasteiger partial charge on any atom is -0.494 e. The van der Waals surface area contributed by atoms with Crippen molar-refractivity contribution in [2.75, 3.05) is 13.2 Å². The lowest BCUT2D eigenvalue weighted by Gasteiger charge is -2.12. The Hall–Kier alpha value is -3.60. The zero-order valence-corrected chi connectivity index (χ0v) is 19.6. The van der Waals surface area contributed by atoms with Crippen molar-refractivity contribution < 1.29 is 9.53 Å². The fourth-order valence-electron chi connectivity index (χ4n) is 3.99. The van der Waals surface area contributed by atoms with Crippen molar-refractivity contribution in [1.29, 1.82) is 0 Å². The summed E-state index contributed by atoms with van der Waals surface area (Å²) in [6.07, 6.45) is 1.54. The number of benzene rings is 3. The lowest BCUT2D eigenvalue weighted by molar-refractivity contribution is 0.0953. The van der Waals surface area contributed by atoms with Crippen molar-refractivity contribution in [1.82, 2.24) is 14.9 Å². The molecule has 1 heterocycles. The Morgan fingerprint density at radius 3 is 2.55 bits per heavy atom. The van der Waals surface area contributed by atoms with Crippen LogP contribution >= 0.6 is 0 Å². The predicted molar refractivity (Wildman–Crippen MR) is 133 cm³/mol. The summed E-state index contributed by atoms with van der Waals surface area (Å²) in [6.45, 7) is 8.15. The highest BCUT2D eigenvalue weighted by molar-refractivity contribution is 5.95. The van der Waals surface area contributed by atoms with E-state index in [4.69, 9.17) is 9.72 Å². The minimum atomic E-state index is -0.0439. The van der Waals surface area contributed by atoms with E-state index in [0.29, 0.717) is 19.6 Å². The maximum Gasteiger partial charge on any atom is 0.251 e. The van der Waals surface area contributed by atoms with E-state index in [1.165, 1.54) is 11.1 Å². The molecule has 0 atom stereocenters. The van der Waals surface area contributed by atoms with Gasteiger partial charge in [-0.25, -0.2) is 4.98 Å². The third-order valence-electron chi connectivity index (χ3n) is 6.03. The normalized spacial score (nSPS) is 11.0. The standard InChI is InChI=1S/C28H31N3O2/c1-20-13-14-23(19-22(20)3)33-18-8-17-31-26-12-7-6-11-25(26)30-27(31)15-16-29-28(32)24-10-5-4-9-21(24)2/h4-7,9-14,19H,8,15-18H2,1-3H3,(H,29,32). The molecule has 0 aliphatic heterocycles. The molecular weight excluding hydrogens is 410 g/mol. The number of para-hydroxylation sites is 2. The van der Waals surface area contributed by atoms with Gasteiger partial charge in [0, 0.05) is 25.1 Å². The molecule has 4 aromatic rings. The van der Waals surface area contributed by atoms with Crippen LogP contribution in [0.2, 0.25) is 0 Å². The molecule has 0 spiro atoms. The number of carbonyl (C=O) groups is 1. The van der Waals surface area contributed by atoms with Gasteiger partial charge in [0.05, 0.1) is 17.6 Å². The molecule has 0 radical (unpaired) electrons. The van der Waals surface area contributed by atoms with E-state index < -0.39 is 0 Å². The first-order chi connectivity index (χ1) is 16.0. The Labute approximate surface area is 195 Å². The minimum absolute atomic E-state index is 0.0439. The number of imidazole rings is 1. The molecule has 0 saturated heterocycles. The third kappa shape index (κ3) is 5.43. The first-order valence-corrected chi connectivity index (χ1v) is 11.5. The van der Waals surface area contributed by atoms with Crippen molar-refractivity contribution >= 4 is 16.9 Å². The van der Waals surface area contributed by atoms with E-state index in [1.807, 2.05) is 55.5 Å². The Bertz CT molecular complexity index is 1260. The van der Waals surface area contributed by atoms with Crippen LogP contribution in [-0.2, 0) is 13.0 Å². The van der Waals surface area contributed by atoms with E-state index in [9.17, 15) is 4.79 Å². The monoisotopic (exact) mass is 441 g/mol. The molecule has 0 fully saturated rings. The fourth-order valence-corrected chi connectivity index (χ4v) is 3.99. The Kier molecular flexibility index (Phi) is 7.08. The predicted octanol–water partition coefficient (Wildman–Crippen LogP) is 5.40. The molecule has 1 amide bonds. The molecule has 4 rings (SSSR count). The molecule has 5 heteroatoms. The van der Waals surface area contributed by atoms with Gasteiger partial charge in [-0.1, -0.05) is 36.4 Å². The first-order valence-electron chi connectivity index (χ1n) is 11.5. The summed E-state index contributed by atoms with van der Waals surface area (Å²) in [6, 6.07) is 22.0. The zero-order valence-electron chi connectivity index (χ0n) is 19.6. The first kappa shape index (κ1) is 22.6. The van der Waals surface area contributed by atoms with Crippen LogP contribution in [0.5, 0.6) is 5.75 Å². The Morgan fingerprint density at radius 2 is 1.73 bits per heavy atom. The summed E-state index contributed by atoms with van der Waals surface area (Å²) in [7, 11) is 0. The van der Waals surface area contributed by atoms with Crippen LogP contribution in [0.25, 0.3) is 11.0 Å². The second-order valence-electron chi connectivity index (χ2n) is 8.44. The zero-order chi connectivity index (χ0) is 23.2. The number of nitrogens with zero attached hydrogens (tertiary/aromatic N) is 2. The molecular formula is C28H31N3O2. The van der Waals surface area contributed by atoms with Gasteiger partial charge in [0.2, 0.25) is 0 Å². The molecule has 0 aliphatic rings. The van der Waals surface area contributed by atoms with E-state index >= 15 is 0 Å². The fraction of sp³-hybridized carbons (Fsp3) is 0.286. The van der Waals surface area contributed by atoms with Gasteiger partial charge in [-0.15, -0.1) is 0 Å². The molecule has 0 bridgehead atoms. The van der Waals surface area contributed by atoms with Crippen molar-refractivity contribution in [3.05, 3.63) is 94.8 Å². The van der Waals surface area contributed by atoms with Crippen molar-refractivity contribution in [2.45, 2.75) is 40.2 Å². The summed E-state index contributed by atoms with van der Waals surface area (Å²) in [5.41, 5.74) is 6.30. The Morgan fingerprint density at radius 1 is 0.939 bits per heavy atom. The van der Waals surface area contributed by atoms with Crippen molar-refractivity contribution in [3.63, 3.8) is 0 Å². The maximum absolute atomic E-state index is 12.5. The number of rotatable bonds is 9. The number of hydrogen-bond donors (Lipinski definition) is 1. The average Bonchev–Trinajstić information content (AvgIpc) is 3.16. The summed E-state index contributed by atoms with van der Waals surface area (Å²) in [4.78, 5) is 17.4. The van der Waals surface area contributed by atoms with Gasteiger partial charge >= 0.3 is 0 Å². The lowest BCUT2D eigenvalue weighted by Crippen LogP contribution is -2.27. The molecule has 1 N–H and O–H groups in total. The maximum atomic E-state index is 12.5. The molecule has 5 nitrogen and oxygen atoms in total. The van der Waals surface area contributed by atoms with Gasteiger partial charge in [0.25, 0.3) is 5.91 Å². The highest BCUT2D eigenvalue weighted by Gasteiger charge is 2.12. The van der Waals surface area contributed by atoms with E-state index in [0.717, 1.165) is 46.7 Å².